The molecule has 19 heavy (non-hydrogen) atoms. The van der Waals surface area contributed by atoms with Gasteiger partial charge in [0.2, 0.25) is 5.60 Å². The third-order valence-electron chi connectivity index (χ3n) is 2.94. The number of halogens is 1. The molecule has 2 heterocycles. The van der Waals surface area contributed by atoms with Gasteiger partial charge in [0.15, 0.2) is 12.4 Å². The average molecular weight is 286 g/mol. The molecule has 2 rings (SSSR count). The summed E-state index contributed by atoms with van der Waals surface area (Å²) in [6.45, 7) is -0.667. The van der Waals surface area contributed by atoms with E-state index in [1.807, 2.05) is 5.92 Å². The van der Waals surface area contributed by atoms with Crippen molar-refractivity contribution in [3.63, 3.8) is 0 Å². The summed E-state index contributed by atoms with van der Waals surface area (Å²) in [5.41, 5.74) is -3.04. The molecule has 1 saturated heterocycles. The molecule has 1 aromatic rings. The van der Waals surface area contributed by atoms with Gasteiger partial charge in [-0.25, -0.2) is 9.18 Å². The van der Waals surface area contributed by atoms with Crippen molar-refractivity contribution in [3.8, 4) is 12.3 Å². The van der Waals surface area contributed by atoms with E-state index in [0.717, 1.165) is 4.57 Å². The van der Waals surface area contributed by atoms with Gasteiger partial charge in [-0.05, 0) is 6.07 Å². The van der Waals surface area contributed by atoms with Gasteiger partial charge >= 0.3 is 5.69 Å². The minimum absolute atomic E-state index is 0.180. The van der Waals surface area contributed by atoms with Gasteiger partial charge in [0.05, 0.1) is 6.61 Å². The molecule has 102 valence electrons. The van der Waals surface area contributed by atoms with Crippen LogP contribution in [0.3, 0.4) is 0 Å². The minimum atomic E-state index is -2.34. The minimum Gasteiger partial charge on any atom is -0.394 e. The highest BCUT2D eigenvalue weighted by atomic mass is 32.1. The molecule has 0 spiro atoms. The SMILES string of the molecule is C#CC1(O)C(F)C(CO)OC1n1ccc(=S)[nH]c1=O. The van der Waals surface area contributed by atoms with Crippen molar-refractivity contribution in [3.05, 3.63) is 27.4 Å². The number of aliphatic hydroxyl groups excluding tert-OH is 1. The summed E-state index contributed by atoms with van der Waals surface area (Å²) in [6.07, 6.45) is 1.62. The number of aromatic amines is 1. The Morgan fingerprint density at radius 1 is 1.74 bits per heavy atom. The molecular weight excluding hydrogens is 275 g/mol. The summed E-state index contributed by atoms with van der Waals surface area (Å²) >= 11 is 4.76. The van der Waals surface area contributed by atoms with E-state index in [0.29, 0.717) is 0 Å². The topological polar surface area (TPSA) is 87.5 Å². The predicted octanol–water partition coefficient (Wildman–Crippen LogP) is -0.502. The van der Waals surface area contributed by atoms with Crippen LogP contribution in [0.25, 0.3) is 0 Å². The van der Waals surface area contributed by atoms with E-state index < -0.39 is 36.4 Å². The molecule has 1 aliphatic heterocycles. The molecule has 0 radical (unpaired) electrons. The zero-order valence-electron chi connectivity index (χ0n) is 9.62. The normalized spacial score (nSPS) is 34.1. The lowest BCUT2D eigenvalue weighted by Gasteiger charge is -2.25. The lowest BCUT2D eigenvalue weighted by molar-refractivity contribution is -0.0749. The summed E-state index contributed by atoms with van der Waals surface area (Å²) in [5, 5.41) is 19.1. The molecule has 0 saturated carbocycles. The number of terminal acetylenes is 1. The second-order valence-electron chi connectivity index (χ2n) is 4.10. The van der Waals surface area contributed by atoms with Crippen molar-refractivity contribution in [2.75, 3.05) is 6.61 Å². The van der Waals surface area contributed by atoms with E-state index in [1.54, 1.807) is 0 Å². The van der Waals surface area contributed by atoms with Crippen molar-refractivity contribution in [2.24, 2.45) is 0 Å². The maximum atomic E-state index is 14.0. The Morgan fingerprint density at radius 3 is 2.95 bits per heavy atom. The fourth-order valence-electron chi connectivity index (χ4n) is 1.93. The zero-order valence-corrected chi connectivity index (χ0v) is 10.4. The molecule has 0 bridgehead atoms. The molecule has 0 amide bonds. The number of rotatable bonds is 2. The van der Waals surface area contributed by atoms with E-state index >= 15 is 0 Å². The van der Waals surface area contributed by atoms with Crippen LogP contribution in [0.5, 0.6) is 0 Å². The summed E-state index contributed by atoms with van der Waals surface area (Å²) in [5.74, 6) is 1.89. The first-order chi connectivity index (χ1) is 8.93. The maximum Gasteiger partial charge on any atom is 0.328 e. The molecule has 8 heteroatoms. The Hall–Kier alpha value is -1.53. The quantitative estimate of drug-likeness (QED) is 0.504. The Balaban J connectivity index is 2.52. The largest absolute Gasteiger partial charge is 0.394 e. The molecule has 4 unspecified atom stereocenters. The number of alkyl halides is 1. The van der Waals surface area contributed by atoms with Gasteiger partial charge in [0.1, 0.15) is 10.7 Å². The third kappa shape index (κ3) is 2.11. The number of nitrogens with zero attached hydrogens (tertiary/aromatic N) is 1. The predicted molar refractivity (Wildman–Crippen MR) is 65.6 cm³/mol. The molecule has 1 aliphatic rings. The van der Waals surface area contributed by atoms with Crippen molar-refractivity contribution >= 4 is 12.2 Å². The van der Waals surface area contributed by atoms with Gasteiger partial charge in [-0.1, -0.05) is 18.1 Å². The average Bonchev–Trinajstić information content (AvgIpc) is 2.63. The highest BCUT2D eigenvalue weighted by Gasteiger charge is 2.56. The zero-order chi connectivity index (χ0) is 14.2. The van der Waals surface area contributed by atoms with Gasteiger partial charge in [-0.3, -0.25) is 9.55 Å². The molecule has 0 aliphatic carbocycles. The summed E-state index contributed by atoms with van der Waals surface area (Å²) < 4.78 is 20.2. The number of aromatic nitrogens is 2. The third-order valence-corrected chi connectivity index (χ3v) is 3.18. The van der Waals surface area contributed by atoms with Crippen molar-refractivity contribution in [1.82, 2.24) is 9.55 Å². The Labute approximate surface area is 112 Å². The van der Waals surface area contributed by atoms with Crippen LogP contribution in [0.4, 0.5) is 4.39 Å². The van der Waals surface area contributed by atoms with Crippen LogP contribution in [0.15, 0.2) is 17.1 Å². The lowest BCUT2D eigenvalue weighted by atomic mass is 9.96. The van der Waals surface area contributed by atoms with Crippen LogP contribution in [0.1, 0.15) is 6.23 Å². The van der Waals surface area contributed by atoms with Crippen LogP contribution < -0.4 is 5.69 Å². The fourth-order valence-corrected chi connectivity index (χ4v) is 2.08. The molecule has 1 fully saturated rings. The fraction of sp³-hybridized carbons (Fsp3) is 0.455. The first-order valence-corrected chi connectivity index (χ1v) is 5.77. The highest BCUT2D eigenvalue weighted by molar-refractivity contribution is 7.71. The monoisotopic (exact) mass is 286 g/mol. The first kappa shape index (κ1) is 13.9. The molecule has 4 atom stereocenters. The molecule has 3 N–H and O–H groups in total. The van der Waals surface area contributed by atoms with Crippen molar-refractivity contribution in [1.29, 1.82) is 0 Å². The summed E-state index contributed by atoms with van der Waals surface area (Å²) in [7, 11) is 0. The van der Waals surface area contributed by atoms with E-state index in [9.17, 15) is 14.3 Å². The summed E-state index contributed by atoms with van der Waals surface area (Å²) in [6, 6.07) is 1.37. The number of aliphatic hydroxyl groups is 2. The number of ether oxygens (including phenoxy) is 1. The highest BCUT2D eigenvalue weighted by Crippen LogP contribution is 2.39. The number of H-pyrrole nitrogens is 1. The van der Waals surface area contributed by atoms with Gasteiger partial charge in [0, 0.05) is 6.20 Å². The van der Waals surface area contributed by atoms with Crippen LogP contribution in [0.2, 0.25) is 0 Å². The van der Waals surface area contributed by atoms with Gasteiger partial charge in [0.25, 0.3) is 0 Å². The first-order valence-electron chi connectivity index (χ1n) is 5.36. The van der Waals surface area contributed by atoms with E-state index in [2.05, 4.69) is 4.98 Å². The number of nitrogens with one attached hydrogen (secondary N) is 1. The van der Waals surface area contributed by atoms with Crippen LogP contribution in [0, 0.1) is 17.0 Å². The van der Waals surface area contributed by atoms with Crippen molar-refractivity contribution < 1.29 is 19.3 Å². The van der Waals surface area contributed by atoms with Crippen LogP contribution in [-0.4, -0.2) is 44.2 Å². The number of hydrogen-bond donors (Lipinski definition) is 3. The van der Waals surface area contributed by atoms with Gasteiger partial charge in [-0.15, -0.1) is 6.42 Å². The van der Waals surface area contributed by atoms with Gasteiger partial charge < -0.3 is 14.9 Å². The Kier molecular flexibility index (Phi) is 3.56. The van der Waals surface area contributed by atoms with E-state index in [-0.39, 0.29) is 4.64 Å². The van der Waals surface area contributed by atoms with Crippen molar-refractivity contribution in [2.45, 2.75) is 24.1 Å². The smallest absolute Gasteiger partial charge is 0.328 e. The Morgan fingerprint density at radius 2 is 2.42 bits per heavy atom. The van der Waals surface area contributed by atoms with Crippen LogP contribution in [-0.2, 0) is 4.74 Å². The molecule has 0 aromatic carbocycles. The summed E-state index contributed by atoms with van der Waals surface area (Å²) in [4.78, 5) is 14.0. The number of hydrogen-bond acceptors (Lipinski definition) is 5. The standard InChI is InChI=1S/C11H11FN2O4S/c1-2-11(17)8(12)6(5-15)18-9(11)14-4-3-7(19)13-10(14)16/h1,3-4,6,8-9,15,17H,5H2,(H,13,16,19). The Bertz CT molecular complexity index is 637. The molecule has 6 nitrogen and oxygen atoms in total. The van der Waals surface area contributed by atoms with E-state index in [4.69, 9.17) is 28.5 Å². The van der Waals surface area contributed by atoms with E-state index in [1.165, 1.54) is 12.3 Å². The maximum absolute atomic E-state index is 14.0. The molecule has 1 aromatic heterocycles. The second-order valence-corrected chi connectivity index (χ2v) is 4.54. The second kappa shape index (κ2) is 4.86. The molecular formula is C11H11FN2O4S. The lowest BCUT2D eigenvalue weighted by Crippen LogP contribution is -2.45. The van der Waals surface area contributed by atoms with Gasteiger partial charge in [-0.2, -0.15) is 0 Å². The van der Waals surface area contributed by atoms with Crippen LogP contribution >= 0.6 is 12.2 Å².